The molecule has 0 aromatic carbocycles. The smallest absolute Gasteiger partial charge is 0.333 e. The predicted molar refractivity (Wildman–Crippen MR) is 49.7 cm³/mol. The van der Waals surface area contributed by atoms with Crippen LogP contribution in [-0.2, 0) is 9.53 Å². The monoisotopic (exact) mass is 166 g/mol. The van der Waals surface area contributed by atoms with E-state index >= 15 is 0 Å². The number of carbonyl (C=O) groups is 1. The SMILES string of the molecule is C=C/C=C\C=C(/CC)C(=O)OC. The zero-order valence-electron chi connectivity index (χ0n) is 7.54. The fourth-order valence-corrected chi connectivity index (χ4v) is 0.712. The summed E-state index contributed by atoms with van der Waals surface area (Å²) in [6.07, 6.45) is 7.59. The Morgan fingerprint density at radius 2 is 2.17 bits per heavy atom. The molecule has 0 spiro atoms. The first-order valence-electron chi connectivity index (χ1n) is 3.82. The van der Waals surface area contributed by atoms with Gasteiger partial charge in [0.2, 0.25) is 0 Å². The van der Waals surface area contributed by atoms with Gasteiger partial charge < -0.3 is 4.74 Å². The zero-order valence-corrected chi connectivity index (χ0v) is 7.54. The molecular weight excluding hydrogens is 152 g/mol. The number of hydrogen-bond acceptors (Lipinski definition) is 2. The standard InChI is InChI=1S/C10H14O2/c1-4-6-7-8-9(5-2)10(11)12-3/h4,6-8H,1,5H2,2-3H3/b7-6-,9-8+. The van der Waals surface area contributed by atoms with Gasteiger partial charge in [0.15, 0.2) is 0 Å². The van der Waals surface area contributed by atoms with E-state index < -0.39 is 0 Å². The van der Waals surface area contributed by atoms with Crippen LogP contribution >= 0.6 is 0 Å². The fraction of sp³-hybridized carbons (Fsp3) is 0.300. The maximum atomic E-state index is 11.0. The van der Waals surface area contributed by atoms with Gasteiger partial charge in [-0.25, -0.2) is 4.79 Å². The Morgan fingerprint density at radius 3 is 2.58 bits per heavy atom. The first-order chi connectivity index (χ1) is 5.76. The van der Waals surface area contributed by atoms with Crippen molar-refractivity contribution >= 4 is 5.97 Å². The van der Waals surface area contributed by atoms with Crippen LogP contribution in [0.3, 0.4) is 0 Å². The van der Waals surface area contributed by atoms with Crippen molar-refractivity contribution in [2.75, 3.05) is 7.11 Å². The molecule has 0 unspecified atom stereocenters. The molecule has 0 rings (SSSR count). The molecule has 0 saturated carbocycles. The Balaban J connectivity index is 4.32. The molecule has 0 heterocycles. The Bertz CT molecular complexity index is 212. The molecule has 2 heteroatoms. The van der Waals surface area contributed by atoms with E-state index in [0.29, 0.717) is 12.0 Å². The van der Waals surface area contributed by atoms with E-state index in [2.05, 4.69) is 11.3 Å². The van der Waals surface area contributed by atoms with Gasteiger partial charge in [-0.1, -0.05) is 37.8 Å². The van der Waals surface area contributed by atoms with Crippen molar-refractivity contribution in [1.29, 1.82) is 0 Å². The third-order valence-electron chi connectivity index (χ3n) is 1.37. The molecule has 0 saturated heterocycles. The summed E-state index contributed by atoms with van der Waals surface area (Å²) in [6, 6.07) is 0. The van der Waals surface area contributed by atoms with Crippen LogP contribution in [0.5, 0.6) is 0 Å². The molecule has 0 bridgehead atoms. The number of ether oxygens (including phenoxy) is 1. The lowest BCUT2D eigenvalue weighted by Crippen LogP contribution is -2.03. The Labute approximate surface area is 73.2 Å². The lowest BCUT2D eigenvalue weighted by Gasteiger charge is -1.98. The van der Waals surface area contributed by atoms with Gasteiger partial charge in [-0.3, -0.25) is 0 Å². The Morgan fingerprint density at radius 1 is 1.50 bits per heavy atom. The molecule has 0 fully saturated rings. The highest BCUT2D eigenvalue weighted by Crippen LogP contribution is 2.02. The average Bonchev–Trinajstić information content (AvgIpc) is 2.11. The molecular formula is C10H14O2. The molecule has 2 nitrogen and oxygen atoms in total. The number of esters is 1. The first-order valence-corrected chi connectivity index (χ1v) is 3.82. The summed E-state index contributed by atoms with van der Waals surface area (Å²) in [6.45, 7) is 5.42. The molecule has 0 aliphatic rings. The summed E-state index contributed by atoms with van der Waals surface area (Å²) in [5, 5.41) is 0. The maximum Gasteiger partial charge on any atom is 0.333 e. The minimum Gasteiger partial charge on any atom is -0.466 e. The van der Waals surface area contributed by atoms with Crippen molar-refractivity contribution in [2.45, 2.75) is 13.3 Å². The van der Waals surface area contributed by atoms with Gasteiger partial charge >= 0.3 is 5.97 Å². The highest BCUT2D eigenvalue weighted by atomic mass is 16.5. The fourth-order valence-electron chi connectivity index (χ4n) is 0.712. The minimum atomic E-state index is -0.272. The summed E-state index contributed by atoms with van der Waals surface area (Å²) >= 11 is 0. The lowest BCUT2D eigenvalue weighted by atomic mass is 10.2. The molecule has 0 aliphatic heterocycles. The number of methoxy groups -OCH3 is 1. The van der Waals surface area contributed by atoms with Crippen LogP contribution < -0.4 is 0 Å². The average molecular weight is 166 g/mol. The van der Waals surface area contributed by atoms with Crippen molar-refractivity contribution in [1.82, 2.24) is 0 Å². The van der Waals surface area contributed by atoms with Crippen molar-refractivity contribution < 1.29 is 9.53 Å². The van der Waals surface area contributed by atoms with E-state index in [4.69, 9.17) is 0 Å². The van der Waals surface area contributed by atoms with E-state index in [1.165, 1.54) is 7.11 Å². The van der Waals surface area contributed by atoms with Crippen molar-refractivity contribution in [3.05, 3.63) is 36.5 Å². The van der Waals surface area contributed by atoms with Crippen molar-refractivity contribution in [2.24, 2.45) is 0 Å². The number of rotatable bonds is 4. The zero-order chi connectivity index (χ0) is 9.40. The van der Waals surface area contributed by atoms with Gasteiger partial charge in [0.1, 0.15) is 0 Å². The summed E-state index contributed by atoms with van der Waals surface area (Å²) in [7, 11) is 1.38. The Kier molecular flexibility index (Phi) is 5.70. The van der Waals surface area contributed by atoms with Crippen LogP contribution in [0.2, 0.25) is 0 Å². The van der Waals surface area contributed by atoms with Crippen molar-refractivity contribution in [3.8, 4) is 0 Å². The molecule has 12 heavy (non-hydrogen) atoms. The van der Waals surface area contributed by atoms with Gasteiger partial charge in [0, 0.05) is 5.57 Å². The van der Waals surface area contributed by atoms with E-state index in [0.717, 1.165) is 0 Å². The van der Waals surface area contributed by atoms with E-state index in [-0.39, 0.29) is 5.97 Å². The van der Waals surface area contributed by atoms with E-state index in [1.807, 2.05) is 6.92 Å². The maximum absolute atomic E-state index is 11.0. The topological polar surface area (TPSA) is 26.3 Å². The van der Waals surface area contributed by atoms with E-state index in [9.17, 15) is 4.79 Å². The van der Waals surface area contributed by atoms with E-state index in [1.54, 1.807) is 24.3 Å². The number of allylic oxidation sites excluding steroid dienone is 4. The molecule has 0 amide bonds. The molecule has 0 aromatic heterocycles. The third-order valence-corrected chi connectivity index (χ3v) is 1.37. The lowest BCUT2D eigenvalue weighted by molar-refractivity contribution is -0.136. The highest BCUT2D eigenvalue weighted by molar-refractivity contribution is 5.88. The minimum absolute atomic E-state index is 0.272. The largest absolute Gasteiger partial charge is 0.466 e. The van der Waals surface area contributed by atoms with Crippen LogP contribution in [0.25, 0.3) is 0 Å². The second kappa shape index (κ2) is 6.40. The summed E-state index contributed by atoms with van der Waals surface area (Å²) in [4.78, 5) is 11.0. The summed E-state index contributed by atoms with van der Waals surface area (Å²) < 4.78 is 4.57. The van der Waals surface area contributed by atoms with Crippen LogP contribution in [0.4, 0.5) is 0 Å². The van der Waals surface area contributed by atoms with Crippen LogP contribution in [0, 0.1) is 0 Å². The normalized spacial score (nSPS) is 11.7. The van der Waals surface area contributed by atoms with Gasteiger partial charge in [0.25, 0.3) is 0 Å². The van der Waals surface area contributed by atoms with Gasteiger partial charge in [-0.05, 0) is 6.42 Å². The van der Waals surface area contributed by atoms with Gasteiger partial charge in [-0.2, -0.15) is 0 Å². The van der Waals surface area contributed by atoms with Gasteiger partial charge in [-0.15, -0.1) is 0 Å². The highest BCUT2D eigenvalue weighted by Gasteiger charge is 2.03. The summed E-state index contributed by atoms with van der Waals surface area (Å²) in [5.41, 5.74) is 0.663. The van der Waals surface area contributed by atoms with Crippen LogP contribution in [0.15, 0.2) is 36.5 Å². The van der Waals surface area contributed by atoms with Crippen molar-refractivity contribution in [3.63, 3.8) is 0 Å². The van der Waals surface area contributed by atoms with Crippen LogP contribution in [-0.4, -0.2) is 13.1 Å². The molecule has 0 atom stereocenters. The molecule has 0 radical (unpaired) electrons. The summed E-state index contributed by atoms with van der Waals surface area (Å²) in [5.74, 6) is -0.272. The second-order valence-corrected chi connectivity index (χ2v) is 2.16. The molecule has 0 aliphatic carbocycles. The molecule has 66 valence electrons. The quantitative estimate of drug-likeness (QED) is 0.363. The van der Waals surface area contributed by atoms with Crippen LogP contribution in [0.1, 0.15) is 13.3 Å². The number of carbonyl (C=O) groups excluding carboxylic acids is 1. The third kappa shape index (κ3) is 3.76. The molecule has 0 N–H and O–H groups in total. The predicted octanol–water partition coefficient (Wildman–Crippen LogP) is 2.24. The first kappa shape index (κ1) is 10.7. The van der Waals surface area contributed by atoms with Gasteiger partial charge in [0.05, 0.1) is 7.11 Å². The second-order valence-electron chi connectivity index (χ2n) is 2.16. The number of hydrogen-bond donors (Lipinski definition) is 0. The molecule has 0 aromatic rings. The Hall–Kier alpha value is -1.31.